The summed E-state index contributed by atoms with van der Waals surface area (Å²) >= 11 is 0. The van der Waals surface area contributed by atoms with Crippen molar-refractivity contribution in [1.82, 2.24) is 15.5 Å². The van der Waals surface area contributed by atoms with Gasteiger partial charge in [0, 0.05) is 25.7 Å². The SMILES string of the molecule is CC1CNCCN1C(C)N[C]=O. The van der Waals surface area contributed by atoms with Gasteiger partial charge in [-0.05, 0) is 13.8 Å². The van der Waals surface area contributed by atoms with Crippen LogP contribution in [-0.2, 0) is 4.79 Å². The van der Waals surface area contributed by atoms with Gasteiger partial charge in [0.25, 0.3) is 0 Å². The molecule has 4 nitrogen and oxygen atoms in total. The average Bonchev–Trinajstić information content (AvgIpc) is 2.05. The molecule has 2 atom stereocenters. The van der Waals surface area contributed by atoms with Gasteiger partial charge in [0.1, 0.15) is 0 Å². The summed E-state index contributed by atoms with van der Waals surface area (Å²) in [5.74, 6) is 0. The number of piperazine rings is 1. The van der Waals surface area contributed by atoms with Crippen molar-refractivity contribution in [2.45, 2.75) is 26.1 Å². The highest BCUT2D eigenvalue weighted by Crippen LogP contribution is 2.04. The third kappa shape index (κ3) is 2.19. The van der Waals surface area contributed by atoms with Gasteiger partial charge in [0.05, 0.1) is 6.17 Å². The lowest BCUT2D eigenvalue weighted by Crippen LogP contribution is -2.56. The van der Waals surface area contributed by atoms with Crippen molar-refractivity contribution in [2.75, 3.05) is 19.6 Å². The molecule has 0 aromatic heterocycles. The molecular formula is C8H16N3O. The summed E-state index contributed by atoms with van der Waals surface area (Å²) in [7, 11) is 0. The minimum absolute atomic E-state index is 0.0969. The van der Waals surface area contributed by atoms with Crippen LogP contribution < -0.4 is 10.6 Å². The third-order valence-corrected chi connectivity index (χ3v) is 2.32. The molecule has 1 rings (SSSR count). The van der Waals surface area contributed by atoms with Gasteiger partial charge in [-0.25, -0.2) is 0 Å². The summed E-state index contributed by atoms with van der Waals surface area (Å²) in [6, 6.07) is 0.481. The Bertz CT molecular complexity index is 151. The molecule has 0 aromatic carbocycles. The standard InChI is InChI=1S/C8H16N3O/c1-7-5-9-3-4-11(7)8(2)10-6-12/h7-9H,3-5H2,1-2H3,(H,10,12). The second kappa shape index (κ2) is 4.42. The monoisotopic (exact) mass is 170 g/mol. The lowest BCUT2D eigenvalue weighted by atomic mass is 10.2. The normalized spacial score (nSPS) is 28.0. The van der Waals surface area contributed by atoms with Gasteiger partial charge in [-0.15, -0.1) is 0 Å². The zero-order valence-electron chi connectivity index (χ0n) is 7.63. The van der Waals surface area contributed by atoms with Crippen molar-refractivity contribution in [3.8, 4) is 0 Å². The van der Waals surface area contributed by atoms with E-state index in [1.54, 1.807) is 6.41 Å². The third-order valence-electron chi connectivity index (χ3n) is 2.32. The summed E-state index contributed by atoms with van der Waals surface area (Å²) < 4.78 is 0. The topological polar surface area (TPSA) is 44.4 Å². The van der Waals surface area contributed by atoms with E-state index in [4.69, 9.17) is 0 Å². The molecular weight excluding hydrogens is 154 g/mol. The van der Waals surface area contributed by atoms with Crippen LogP contribution in [0.2, 0.25) is 0 Å². The number of rotatable bonds is 3. The van der Waals surface area contributed by atoms with E-state index in [9.17, 15) is 4.79 Å². The Morgan fingerprint density at radius 1 is 1.75 bits per heavy atom. The Labute approximate surface area is 73.3 Å². The summed E-state index contributed by atoms with van der Waals surface area (Å²) in [6.07, 6.45) is 1.82. The Kier molecular flexibility index (Phi) is 3.49. The van der Waals surface area contributed by atoms with Crippen molar-refractivity contribution in [3.05, 3.63) is 0 Å². The van der Waals surface area contributed by atoms with Gasteiger partial charge in [-0.3, -0.25) is 9.69 Å². The molecule has 0 bridgehead atoms. The van der Waals surface area contributed by atoms with Gasteiger partial charge in [-0.1, -0.05) is 0 Å². The summed E-state index contributed by atoms with van der Waals surface area (Å²) in [5.41, 5.74) is 0. The highest BCUT2D eigenvalue weighted by Gasteiger charge is 2.22. The highest BCUT2D eigenvalue weighted by atomic mass is 16.1. The van der Waals surface area contributed by atoms with Crippen LogP contribution in [0, 0.1) is 0 Å². The van der Waals surface area contributed by atoms with Crippen LogP contribution in [0.5, 0.6) is 0 Å². The molecule has 0 saturated carbocycles. The quantitative estimate of drug-likeness (QED) is 0.550. The van der Waals surface area contributed by atoms with Crippen molar-refractivity contribution in [1.29, 1.82) is 0 Å². The molecule has 1 aliphatic heterocycles. The van der Waals surface area contributed by atoms with Crippen molar-refractivity contribution >= 4 is 6.41 Å². The Morgan fingerprint density at radius 3 is 3.08 bits per heavy atom. The van der Waals surface area contributed by atoms with Crippen LogP contribution in [0.15, 0.2) is 0 Å². The molecule has 0 aromatic rings. The molecule has 69 valence electrons. The van der Waals surface area contributed by atoms with E-state index >= 15 is 0 Å². The van der Waals surface area contributed by atoms with Crippen LogP contribution in [0.3, 0.4) is 0 Å². The molecule has 2 unspecified atom stereocenters. The molecule has 1 amide bonds. The Morgan fingerprint density at radius 2 is 2.50 bits per heavy atom. The molecule has 0 aliphatic carbocycles. The van der Waals surface area contributed by atoms with E-state index in [2.05, 4.69) is 22.5 Å². The number of amides is 1. The first-order chi connectivity index (χ1) is 5.75. The van der Waals surface area contributed by atoms with Gasteiger partial charge >= 0.3 is 6.41 Å². The lowest BCUT2D eigenvalue weighted by molar-refractivity contribution is 0.117. The number of nitrogens with zero attached hydrogens (tertiary/aromatic N) is 1. The predicted molar refractivity (Wildman–Crippen MR) is 47.3 cm³/mol. The first-order valence-corrected chi connectivity index (χ1v) is 4.35. The zero-order valence-corrected chi connectivity index (χ0v) is 7.63. The van der Waals surface area contributed by atoms with E-state index in [1.807, 2.05) is 6.92 Å². The fourth-order valence-corrected chi connectivity index (χ4v) is 1.60. The maximum Gasteiger partial charge on any atom is 0.310 e. The molecule has 4 heteroatoms. The van der Waals surface area contributed by atoms with Crippen LogP contribution in [0.4, 0.5) is 0 Å². The number of hydrogen-bond acceptors (Lipinski definition) is 3. The molecule has 12 heavy (non-hydrogen) atoms. The second-order valence-corrected chi connectivity index (χ2v) is 3.21. The molecule has 1 radical (unpaired) electrons. The average molecular weight is 170 g/mol. The minimum atomic E-state index is 0.0969. The highest BCUT2D eigenvalue weighted by molar-refractivity contribution is 5.47. The first-order valence-electron chi connectivity index (χ1n) is 4.35. The fraction of sp³-hybridized carbons (Fsp3) is 0.875. The number of hydrogen-bond donors (Lipinski definition) is 2. The molecule has 1 aliphatic rings. The zero-order chi connectivity index (χ0) is 8.97. The summed E-state index contributed by atoms with van der Waals surface area (Å²) in [6.45, 7) is 7.10. The molecule has 0 spiro atoms. The smallest absolute Gasteiger partial charge is 0.310 e. The first kappa shape index (κ1) is 9.48. The maximum atomic E-state index is 10.1. The minimum Gasteiger partial charge on any atom is -0.333 e. The van der Waals surface area contributed by atoms with Crippen LogP contribution in [-0.4, -0.2) is 43.2 Å². The predicted octanol–water partition coefficient (Wildman–Crippen LogP) is -0.717. The van der Waals surface area contributed by atoms with Crippen molar-refractivity contribution in [2.24, 2.45) is 0 Å². The largest absolute Gasteiger partial charge is 0.333 e. The maximum absolute atomic E-state index is 10.1. The van der Waals surface area contributed by atoms with Crippen LogP contribution in [0.1, 0.15) is 13.8 Å². The summed E-state index contributed by atoms with van der Waals surface area (Å²) in [5, 5.41) is 5.93. The second-order valence-electron chi connectivity index (χ2n) is 3.21. The van der Waals surface area contributed by atoms with Crippen LogP contribution in [0.25, 0.3) is 0 Å². The number of nitrogens with one attached hydrogen (secondary N) is 2. The van der Waals surface area contributed by atoms with E-state index in [-0.39, 0.29) is 6.17 Å². The van der Waals surface area contributed by atoms with Crippen molar-refractivity contribution < 1.29 is 4.79 Å². The van der Waals surface area contributed by atoms with E-state index in [0.717, 1.165) is 19.6 Å². The molecule has 1 saturated heterocycles. The van der Waals surface area contributed by atoms with Crippen molar-refractivity contribution in [3.63, 3.8) is 0 Å². The summed E-state index contributed by atoms with van der Waals surface area (Å²) in [4.78, 5) is 12.3. The van der Waals surface area contributed by atoms with E-state index in [1.165, 1.54) is 0 Å². The van der Waals surface area contributed by atoms with Gasteiger partial charge in [0.15, 0.2) is 0 Å². The van der Waals surface area contributed by atoms with E-state index < -0.39 is 0 Å². The molecule has 1 heterocycles. The Balaban J connectivity index is 2.41. The Hall–Kier alpha value is -0.610. The molecule has 1 fully saturated rings. The van der Waals surface area contributed by atoms with E-state index in [0.29, 0.717) is 6.04 Å². The van der Waals surface area contributed by atoms with Gasteiger partial charge < -0.3 is 10.6 Å². The van der Waals surface area contributed by atoms with Gasteiger partial charge in [0.2, 0.25) is 0 Å². The molecule has 2 N–H and O–H groups in total. The number of carbonyl (C=O) groups excluding carboxylic acids is 1. The van der Waals surface area contributed by atoms with Crippen LogP contribution >= 0.6 is 0 Å². The van der Waals surface area contributed by atoms with Gasteiger partial charge in [-0.2, -0.15) is 0 Å². The fourth-order valence-electron chi connectivity index (χ4n) is 1.60. The lowest BCUT2D eigenvalue weighted by Gasteiger charge is -2.37.